The van der Waals surface area contributed by atoms with E-state index in [0.29, 0.717) is 13.2 Å². The van der Waals surface area contributed by atoms with Crippen molar-refractivity contribution < 1.29 is 4.74 Å². The number of para-hydroxylation sites is 1. The number of nitrogen functional groups attached to an aromatic ring is 1. The van der Waals surface area contributed by atoms with E-state index < -0.39 is 0 Å². The van der Waals surface area contributed by atoms with Crippen molar-refractivity contribution in [1.29, 1.82) is 0 Å². The van der Waals surface area contributed by atoms with Crippen LogP contribution < -0.4 is 15.8 Å². The zero-order chi connectivity index (χ0) is 13.8. The number of aromatic amines is 1. The van der Waals surface area contributed by atoms with E-state index in [4.69, 9.17) is 10.5 Å². The van der Waals surface area contributed by atoms with E-state index in [1.807, 2.05) is 48.5 Å². The van der Waals surface area contributed by atoms with Crippen molar-refractivity contribution in [3.63, 3.8) is 0 Å². The molecular formula is C15H16N4O. The molecule has 0 amide bonds. The van der Waals surface area contributed by atoms with Crippen molar-refractivity contribution in [3.8, 4) is 5.75 Å². The van der Waals surface area contributed by atoms with Gasteiger partial charge >= 0.3 is 0 Å². The monoisotopic (exact) mass is 268 g/mol. The number of nitrogens with two attached hydrogens (primary N) is 1. The van der Waals surface area contributed by atoms with Gasteiger partial charge in [0.25, 0.3) is 0 Å². The van der Waals surface area contributed by atoms with Crippen molar-refractivity contribution in [3.05, 3.63) is 48.5 Å². The predicted molar refractivity (Wildman–Crippen MR) is 80.9 cm³/mol. The standard InChI is InChI=1S/C15H16N4O/c16-11-6-7-13-14(10-11)19-15(18-13)17-8-9-20-12-4-2-1-3-5-12/h1-7,10H,8-9,16H2,(H2,17,18,19). The molecule has 0 saturated carbocycles. The maximum atomic E-state index is 5.73. The zero-order valence-electron chi connectivity index (χ0n) is 11.0. The molecule has 4 N–H and O–H groups in total. The number of aromatic nitrogens is 2. The average molecular weight is 268 g/mol. The number of nitrogens with one attached hydrogen (secondary N) is 2. The SMILES string of the molecule is Nc1ccc2nc(NCCOc3ccccc3)[nH]c2c1. The van der Waals surface area contributed by atoms with Gasteiger partial charge in [0.15, 0.2) is 0 Å². The fraction of sp³-hybridized carbons (Fsp3) is 0.133. The first-order chi connectivity index (χ1) is 9.81. The number of hydrogen-bond donors (Lipinski definition) is 3. The quantitative estimate of drug-likeness (QED) is 0.491. The van der Waals surface area contributed by atoms with Gasteiger partial charge in [-0.2, -0.15) is 0 Å². The molecule has 1 aromatic heterocycles. The Morgan fingerprint density at radius 2 is 2.00 bits per heavy atom. The molecular weight excluding hydrogens is 252 g/mol. The van der Waals surface area contributed by atoms with Crippen LogP contribution in [-0.2, 0) is 0 Å². The van der Waals surface area contributed by atoms with Gasteiger partial charge in [0.2, 0.25) is 5.95 Å². The van der Waals surface area contributed by atoms with Gasteiger partial charge in [0, 0.05) is 5.69 Å². The van der Waals surface area contributed by atoms with Crippen LogP contribution >= 0.6 is 0 Å². The van der Waals surface area contributed by atoms with Crippen LogP contribution in [-0.4, -0.2) is 23.1 Å². The number of hydrogen-bond acceptors (Lipinski definition) is 4. The lowest BCUT2D eigenvalue weighted by Gasteiger charge is -2.06. The van der Waals surface area contributed by atoms with E-state index in [-0.39, 0.29) is 0 Å². The molecule has 3 aromatic rings. The molecule has 5 nitrogen and oxygen atoms in total. The highest BCUT2D eigenvalue weighted by Gasteiger charge is 2.02. The number of H-pyrrole nitrogens is 1. The second kappa shape index (κ2) is 5.52. The molecule has 20 heavy (non-hydrogen) atoms. The molecule has 1 heterocycles. The summed E-state index contributed by atoms with van der Waals surface area (Å²) in [5.41, 5.74) is 8.27. The normalized spacial score (nSPS) is 10.6. The van der Waals surface area contributed by atoms with Crippen LogP contribution in [0.15, 0.2) is 48.5 Å². The third-order valence-corrected chi connectivity index (χ3v) is 2.91. The third-order valence-electron chi connectivity index (χ3n) is 2.91. The lowest BCUT2D eigenvalue weighted by atomic mass is 10.3. The lowest BCUT2D eigenvalue weighted by molar-refractivity contribution is 0.332. The van der Waals surface area contributed by atoms with E-state index in [9.17, 15) is 0 Å². The van der Waals surface area contributed by atoms with E-state index in [0.717, 1.165) is 28.4 Å². The lowest BCUT2D eigenvalue weighted by Crippen LogP contribution is -2.12. The molecule has 0 bridgehead atoms. The van der Waals surface area contributed by atoms with E-state index >= 15 is 0 Å². The number of nitrogens with zero attached hydrogens (tertiary/aromatic N) is 1. The second-order valence-corrected chi connectivity index (χ2v) is 4.45. The summed E-state index contributed by atoms with van der Waals surface area (Å²) in [5, 5.41) is 3.19. The Kier molecular flexibility index (Phi) is 3.41. The van der Waals surface area contributed by atoms with Crippen LogP contribution in [0.5, 0.6) is 5.75 Å². The third kappa shape index (κ3) is 2.83. The highest BCUT2D eigenvalue weighted by atomic mass is 16.5. The molecule has 0 aliphatic heterocycles. The molecule has 0 aliphatic carbocycles. The molecule has 0 atom stereocenters. The molecule has 0 saturated heterocycles. The summed E-state index contributed by atoms with van der Waals surface area (Å²) in [6.45, 7) is 1.24. The van der Waals surface area contributed by atoms with Gasteiger partial charge < -0.3 is 20.8 Å². The molecule has 0 spiro atoms. The van der Waals surface area contributed by atoms with Gasteiger partial charge in [-0.1, -0.05) is 18.2 Å². The first kappa shape index (κ1) is 12.3. The fourth-order valence-electron chi connectivity index (χ4n) is 1.97. The Labute approximate surface area is 116 Å². The highest BCUT2D eigenvalue weighted by Crippen LogP contribution is 2.16. The van der Waals surface area contributed by atoms with E-state index in [1.165, 1.54) is 0 Å². The first-order valence-electron chi connectivity index (χ1n) is 6.48. The Morgan fingerprint density at radius 3 is 2.85 bits per heavy atom. The number of fused-ring (bicyclic) bond motifs is 1. The minimum atomic E-state index is 0.573. The van der Waals surface area contributed by atoms with Crippen molar-refractivity contribution in [1.82, 2.24) is 9.97 Å². The average Bonchev–Trinajstić information content (AvgIpc) is 2.86. The smallest absolute Gasteiger partial charge is 0.201 e. The summed E-state index contributed by atoms with van der Waals surface area (Å²) in [6.07, 6.45) is 0. The van der Waals surface area contributed by atoms with Crippen LogP contribution in [0.1, 0.15) is 0 Å². The van der Waals surface area contributed by atoms with Gasteiger partial charge in [-0.15, -0.1) is 0 Å². The fourth-order valence-corrected chi connectivity index (χ4v) is 1.97. The summed E-state index contributed by atoms with van der Waals surface area (Å²) in [7, 11) is 0. The first-order valence-corrected chi connectivity index (χ1v) is 6.48. The minimum absolute atomic E-state index is 0.573. The predicted octanol–water partition coefficient (Wildman–Crippen LogP) is 2.64. The van der Waals surface area contributed by atoms with Crippen molar-refractivity contribution >= 4 is 22.7 Å². The highest BCUT2D eigenvalue weighted by molar-refractivity contribution is 5.80. The van der Waals surface area contributed by atoms with Crippen molar-refractivity contribution in [2.24, 2.45) is 0 Å². The topological polar surface area (TPSA) is 76.0 Å². The molecule has 5 heteroatoms. The Hall–Kier alpha value is -2.69. The van der Waals surface area contributed by atoms with Crippen molar-refractivity contribution in [2.75, 3.05) is 24.2 Å². The molecule has 2 aromatic carbocycles. The molecule has 0 aliphatic rings. The molecule has 0 radical (unpaired) electrons. The van der Waals surface area contributed by atoms with Gasteiger partial charge in [0.1, 0.15) is 12.4 Å². The second-order valence-electron chi connectivity index (χ2n) is 4.45. The number of benzene rings is 2. The largest absolute Gasteiger partial charge is 0.492 e. The van der Waals surface area contributed by atoms with Crippen molar-refractivity contribution in [2.45, 2.75) is 0 Å². The maximum absolute atomic E-state index is 5.73. The van der Waals surface area contributed by atoms with Gasteiger partial charge in [0.05, 0.1) is 17.6 Å². The summed E-state index contributed by atoms with van der Waals surface area (Å²) in [4.78, 5) is 7.60. The van der Waals surface area contributed by atoms with Crippen LogP contribution in [0.2, 0.25) is 0 Å². The van der Waals surface area contributed by atoms with Gasteiger partial charge in [-0.05, 0) is 30.3 Å². The summed E-state index contributed by atoms with van der Waals surface area (Å²) < 4.78 is 5.60. The summed E-state index contributed by atoms with van der Waals surface area (Å²) >= 11 is 0. The maximum Gasteiger partial charge on any atom is 0.201 e. The molecule has 0 unspecified atom stereocenters. The summed E-state index contributed by atoms with van der Waals surface area (Å²) in [6, 6.07) is 15.3. The Bertz CT molecular complexity index is 693. The minimum Gasteiger partial charge on any atom is -0.492 e. The molecule has 0 fully saturated rings. The zero-order valence-corrected chi connectivity index (χ0v) is 11.0. The number of ether oxygens (including phenoxy) is 1. The van der Waals surface area contributed by atoms with E-state index in [2.05, 4.69) is 15.3 Å². The number of anilines is 2. The Morgan fingerprint density at radius 1 is 1.15 bits per heavy atom. The van der Waals surface area contributed by atoms with Crippen LogP contribution in [0, 0.1) is 0 Å². The van der Waals surface area contributed by atoms with Crippen LogP contribution in [0.4, 0.5) is 11.6 Å². The molecule has 102 valence electrons. The number of imidazole rings is 1. The van der Waals surface area contributed by atoms with Crippen LogP contribution in [0.25, 0.3) is 11.0 Å². The summed E-state index contributed by atoms with van der Waals surface area (Å²) in [5.74, 6) is 1.59. The van der Waals surface area contributed by atoms with Gasteiger partial charge in [-0.3, -0.25) is 0 Å². The van der Waals surface area contributed by atoms with E-state index in [1.54, 1.807) is 0 Å². The van der Waals surface area contributed by atoms with Crippen LogP contribution in [0.3, 0.4) is 0 Å². The Balaban J connectivity index is 1.55. The number of rotatable bonds is 5. The molecule has 3 rings (SSSR count). The van der Waals surface area contributed by atoms with Gasteiger partial charge in [-0.25, -0.2) is 4.98 Å².